The first-order valence-corrected chi connectivity index (χ1v) is 6.74. The summed E-state index contributed by atoms with van der Waals surface area (Å²) in [5.74, 6) is -0.509. The summed E-state index contributed by atoms with van der Waals surface area (Å²) < 4.78 is 6.32. The summed E-state index contributed by atoms with van der Waals surface area (Å²) in [6, 6.07) is 12.0. The maximum atomic E-state index is 10.9. The molecule has 0 saturated heterocycles. The van der Waals surface area contributed by atoms with Gasteiger partial charge in [-0.15, -0.1) is 0 Å². The molecule has 0 spiro atoms. The van der Waals surface area contributed by atoms with Crippen LogP contribution in [0.5, 0.6) is 5.75 Å². The van der Waals surface area contributed by atoms with Gasteiger partial charge < -0.3 is 14.9 Å². The first-order valence-electron chi connectivity index (χ1n) is 5.94. The average Bonchev–Trinajstić information content (AvgIpc) is 2.46. The normalized spacial score (nSPS) is 10.3. The number of aliphatic hydroxyl groups is 1. The van der Waals surface area contributed by atoms with Crippen LogP contribution >= 0.6 is 15.9 Å². The van der Waals surface area contributed by atoms with E-state index >= 15 is 0 Å². The Balaban J connectivity index is 2.09. The Bertz CT molecular complexity index is 608. The zero-order valence-corrected chi connectivity index (χ0v) is 12.1. The number of carbonyl (C=O) groups is 1. The summed E-state index contributed by atoms with van der Waals surface area (Å²) in [6.07, 6.45) is 0. The number of halogens is 1. The van der Waals surface area contributed by atoms with Crippen molar-refractivity contribution >= 4 is 21.9 Å². The first kappa shape index (κ1) is 14.6. The van der Waals surface area contributed by atoms with Crippen LogP contribution in [0.3, 0.4) is 0 Å². The largest absolute Gasteiger partial charge is 0.488 e. The first-order chi connectivity index (χ1) is 9.60. The topological polar surface area (TPSA) is 66.8 Å². The molecule has 0 bridgehead atoms. The minimum atomic E-state index is -0.991. The van der Waals surface area contributed by atoms with Gasteiger partial charge in [0.1, 0.15) is 12.4 Å². The molecule has 0 fully saturated rings. The molecule has 2 aromatic carbocycles. The summed E-state index contributed by atoms with van der Waals surface area (Å²) in [5, 5.41) is 17.9. The van der Waals surface area contributed by atoms with Crippen molar-refractivity contribution in [2.45, 2.75) is 13.2 Å². The van der Waals surface area contributed by atoms with E-state index in [2.05, 4.69) is 15.9 Å². The van der Waals surface area contributed by atoms with Crippen LogP contribution in [0.15, 0.2) is 46.9 Å². The summed E-state index contributed by atoms with van der Waals surface area (Å²) in [4.78, 5) is 10.9. The van der Waals surface area contributed by atoms with Gasteiger partial charge in [-0.1, -0.05) is 24.3 Å². The lowest BCUT2D eigenvalue weighted by molar-refractivity contribution is 0.0696. The van der Waals surface area contributed by atoms with Crippen molar-refractivity contribution in [3.05, 3.63) is 63.6 Å². The molecule has 0 amide bonds. The van der Waals surface area contributed by atoms with Crippen molar-refractivity contribution in [2.24, 2.45) is 0 Å². The van der Waals surface area contributed by atoms with Gasteiger partial charge in [-0.2, -0.15) is 0 Å². The summed E-state index contributed by atoms with van der Waals surface area (Å²) in [5.41, 5.74) is 1.96. The molecule has 4 nitrogen and oxygen atoms in total. The van der Waals surface area contributed by atoms with E-state index in [1.807, 2.05) is 24.3 Å². The maximum absolute atomic E-state index is 10.9. The van der Waals surface area contributed by atoms with Crippen LogP contribution in [0, 0.1) is 0 Å². The quantitative estimate of drug-likeness (QED) is 0.879. The number of hydrogen-bond donors (Lipinski definition) is 2. The van der Waals surface area contributed by atoms with E-state index in [0.717, 1.165) is 11.1 Å². The molecule has 20 heavy (non-hydrogen) atoms. The summed E-state index contributed by atoms with van der Waals surface area (Å²) >= 11 is 3.32. The average molecular weight is 337 g/mol. The molecule has 104 valence electrons. The standard InChI is InChI=1S/C15H13BrO4/c16-13-6-5-12(15(18)19)7-14(13)20-9-11-3-1-10(8-17)2-4-11/h1-7,17H,8-9H2,(H,18,19). The Morgan fingerprint density at radius 2 is 1.75 bits per heavy atom. The van der Waals surface area contributed by atoms with Crippen LogP contribution in [-0.4, -0.2) is 16.2 Å². The Morgan fingerprint density at radius 3 is 2.35 bits per heavy atom. The third kappa shape index (κ3) is 3.59. The molecule has 2 N–H and O–H groups in total. The third-order valence-electron chi connectivity index (χ3n) is 2.78. The van der Waals surface area contributed by atoms with Gasteiger partial charge in [-0.05, 0) is 45.3 Å². The number of carboxylic acid groups (broad SMARTS) is 1. The number of rotatable bonds is 5. The van der Waals surface area contributed by atoms with Crippen LogP contribution in [-0.2, 0) is 13.2 Å². The van der Waals surface area contributed by atoms with Crippen molar-refractivity contribution in [3.8, 4) is 5.75 Å². The molecule has 0 aliphatic carbocycles. The fraction of sp³-hybridized carbons (Fsp3) is 0.133. The van der Waals surface area contributed by atoms with Gasteiger partial charge in [0.05, 0.1) is 16.6 Å². The van der Waals surface area contributed by atoms with Crippen molar-refractivity contribution in [1.82, 2.24) is 0 Å². The lowest BCUT2D eigenvalue weighted by Crippen LogP contribution is -2.00. The molecular formula is C15H13BrO4. The predicted octanol–water partition coefficient (Wildman–Crippen LogP) is 3.22. The molecule has 0 heterocycles. The second kappa shape index (κ2) is 6.54. The number of aliphatic hydroxyl groups excluding tert-OH is 1. The minimum absolute atomic E-state index is 0.00728. The van der Waals surface area contributed by atoms with Crippen molar-refractivity contribution in [3.63, 3.8) is 0 Å². The Kier molecular flexibility index (Phi) is 4.76. The summed E-state index contributed by atoms with van der Waals surface area (Å²) in [7, 11) is 0. The van der Waals surface area contributed by atoms with Crippen LogP contribution < -0.4 is 4.74 Å². The van der Waals surface area contributed by atoms with E-state index in [4.69, 9.17) is 14.9 Å². The molecule has 0 unspecified atom stereocenters. The lowest BCUT2D eigenvalue weighted by Gasteiger charge is -2.09. The number of hydrogen-bond acceptors (Lipinski definition) is 3. The Labute approximate surface area is 124 Å². The third-order valence-corrected chi connectivity index (χ3v) is 3.43. The molecule has 0 saturated carbocycles. The van der Waals surface area contributed by atoms with Crippen LogP contribution in [0.2, 0.25) is 0 Å². The van der Waals surface area contributed by atoms with E-state index < -0.39 is 5.97 Å². The monoisotopic (exact) mass is 336 g/mol. The van der Waals surface area contributed by atoms with Gasteiger partial charge in [-0.3, -0.25) is 0 Å². The molecular weight excluding hydrogens is 324 g/mol. The highest BCUT2D eigenvalue weighted by molar-refractivity contribution is 9.10. The number of ether oxygens (including phenoxy) is 1. The van der Waals surface area contributed by atoms with E-state index in [9.17, 15) is 4.79 Å². The SMILES string of the molecule is O=C(O)c1ccc(Br)c(OCc2ccc(CO)cc2)c1. The molecule has 0 aliphatic heterocycles. The molecule has 0 radical (unpaired) electrons. The van der Waals surface area contributed by atoms with Gasteiger partial charge in [0.15, 0.2) is 0 Å². The molecule has 0 aliphatic rings. The molecule has 5 heteroatoms. The predicted molar refractivity (Wildman–Crippen MR) is 77.8 cm³/mol. The van der Waals surface area contributed by atoms with E-state index in [1.54, 1.807) is 6.07 Å². The smallest absolute Gasteiger partial charge is 0.335 e. The minimum Gasteiger partial charge on any atom is -0.488 e. The Hall–Kier alpha value is -1.85. The van der Waals surface area contributed by atoms with Gasteiger partial charge in [0.2, 0.25) is 0 Å². The van der Waals surface area contributed by atoms with E-state index in [1.165, 1.54) is 12.1 Å². The zero-order chi connectivity index (χ0) is 14.5. The van der Waals surface area contributed by atoms with Crippen LogP contribution in [0.1, 0.15) is 21.5 Å². The van der Waals surface area contributed by atoms with Crippen LogP contribution in [0.25, 0.3) is 0 Å². The number of benzene rings is 2. The number of aromatic carboxylic acids is 1. The fourth-order valence-electron chi connectivity index (χ4n) is 1.65. The maximum Gasteiger partial charge on any atom is 0.335 e. The van der Waals surface area contributed by atoms with Crippen molar-refractivity contribution < 1.29 is 19.7 Å². The second-order valence-electron chi connectivity index (χ2n) is 4.21. The number of carboxylic acids is 1. The van der Waals surface area contributed by atoms with E-state index in [-0.39, 0.29) is 12.2 Å². The molecule has 0 atom stereocenters. The highest BCUT2D eigenvalue weighted by Gasteiger charge is 2.08. The molecule has 2 aromatic rings. The van der Waals surface area contributed by atoms with Gasteiger partial charge in [0, 0.05) is 0 Å². The lowest BCUT2D eigenvalue weighted by atomic mass is 10.1. The van der Waals surface area contributed by atoms with Gasteiger partial charge in [0.25, 0.3) is 0 Å². The van der Waals surface area contributed by atoms with Crippen molar-refractivity contribution in [1.29, 1.82) is 0 Å². The van der Waals surface area contributed by atoms with Crippen LogP contribution in [0.4, 0.5) is 0 Å². The van der Waals surface area contributed by atoms with Gasteiger partial charge in [-0.25, -0.2) is 4.79 Å². The fourth-order valence-corrected chi connectivity index (χ4v) is 2.01. The molecule has 2 rings (SSSR count). The highest BCUT2D eigenvalue weighted by atomic mass is 79.9. The zero-order valence-electron chi connectivity index (χ0n) is 10.5. The summed E-state index contributed by atoms with van der Waals surface area (Å²) in [6.45, 7) is 0.334. The molecule has 0 aromatic heterocycles. The van der Waals surface area contributed by atoms with Crippen molar-refractivity contribution in [2.75, 3.05) is 0 Å². The second-order valence-corrected chi connectivity index (χ2v) is 5.07. The van der Waals surface area contributed by atoms with Gasteiger partial charge >= 0.3 is 5.97 Å². The Morgan fingerprint density at radius 1 is 1.10 bits per heavy atom. The highest BCUT2D eigenvalue weighted by Crippen LogP contribution is 2.27. The van der Waals surface area contributed by atoms with E-state index in [0.29, 0.717) is 16.8 Å².